The summed E-state index contributed by atoms with van der Waals surface area (Å²) < 4.78 is 6.41. The van der Waals surface area contributed by atoms with Gasteiger partial charge in [-0.2, -0.15) is 0 Å². The van der Waals surface area contributed by atoms with Gasteiger partial charge in [0.25, 0.3) is 0 Å². The molecule has 1 aliphatic heterocycles. The van der Waals surface area contributed by atoms with Gasteiger partial charge in [0, 0.05) is 16.8 Å². The summed E-state index contributed by atoms with van der Waals surface area (Å²) in [6.45, 7) is 2.77. The van der Waals surface area contributed by atoms with Crippen molar-refractivity contribution in [1.29, 1.82) is 0 Å². The van der Waals surface area contributed by atoms with Gasteiger partial charge in [0.1, 0.15) is 0 Å². The molecule has 0 spiro atoms. The van der Waals surface area contributed by atoms with Crippen molar-refractivity contribution < 1.29 is 9.53 Å². The molecule has 0 radical (unpaired) electrons. The molecule has 4 heteroatoms. The van der Waals surface area contributed by atoms with Gasteiger partial charge in [-0.25, -0.2) is 0 Å². The van der Waals surface area contributed by atoms with Crippen molar-refractivity contribution in [3.63, 3.8) is 0 Å². The summed E-state index contributed by atoms with van der Waals surface area (Å²) >= 11 is 3.40. The fourth-order valence-corrected chi connectivity index (χ4v) is 2.30. The van der Waals surface area contributed by atoms with Crippen LogP contribution in [0.25, 0.3) is 0 Å². The zero-order valence-electron chi connectivity index (χ0n) is 9.83. The molecule has 1 heterocycles. The van der Waals surface area contributed by atoms with E-state index < -0.39 is 0 Å². The summed E-state index contributed by atoms with van der Waals surface area (Å²) in [7, 11) is 0. The zero-order chi connectivity index (χ0) is 12.3. The van der Waals surface area contributed by atoms with Crippen LogP contribution in [0.4, 0.5) is 5.69 Å². The summed E-state index contributed by atoms with van der Waals surface area (Å²) in [5.74, 6) is 0.0260. The van der Waals surface area contributed by atoms with E-state index in [0.717, 1.165) is 35.2 Å². The SMILES string of the molecule is Cc1ccc(Br)cc1NC(=O)CC1CCCO1. The number of amides is 1. The molecule has 2 rings (SSSR count). The lowest BCUT2D eigenvalue weighted by atomic mass is 10.1. The van der Waals surface area contributed by atoms with Gasteiger partial charge >= 0.3 is 0 Å². The summed E-state index contributed by atoms with van der Waals surface area (Å²) in [6, 6.07) is 5.86. The molecule has 1 unspecified atom stereocenters. The normalized spacial score (nSPS) is 19.3. The number of carbonyl (C=O) groups excluding carboxylic acids is 1. The highest BCUT2D eigenvalue weighted by Gasteiger charge is 2.19. The second-order valence-corrected chi connectivity index (χ2v) is 5.26. The summed E-state index contributed by atoms with van der Waals surface area (Å²) in [5.41, 5.74) is 1.93. The van der Waals surface area contributed by atoms with Gasteiger partial charge in [-0.3, -0.25) is 4.79 Å². The summed E-state index contributed by atoms with van der Waals surface area (Å²) in [4.78, 5) is 11.8. The molecule has 1 saturated heterocycles. The Morgan fingerprint density at radius 2 is 2.41 bits per heavy atom. The summed E-state index contributed by atoms with van der Waals surface area (Å²) in [5, 5.41) is 2.93. The maximum atomic E-state index is 11.8. The monoisotopic (exact) mass is 297 g/mol. The Bertz CT molecular complexity index is 414. The number of ether oxygens (including phenoxy) is 1. The van der Waals surface area contributed by atoms with Crippen molar-refractivity contribution in [2.75, 3.05) is 11.9 Å². The van der Waals surface area contributed by atoms with Crippen LogP contribution in [-0.2, 0) is 9.53 Å². The standard InChI is InChI=1S/C13H16BrNO2/c1-9-4-5-10(14)7-12(9)15-13(16)8-11-3-2-6-17-11/h4-5,7,11H,2-3,6,8H2,1H3,(H,15,16). The number of rotatable bonds is 3. The Kier molecular flexibility index (Phi) is 4.18. The second kappa shape index (κ2) is 5.65. The lowest BCUT2D eigenvalue weighted by Crippen LogP contribution is -2.19. The lowest BCUT2D eigenvalue weighted by molar-refractivity contribution is -0.118. The van der Waals surface area contributed by atoms with E-state index in [-0.39, 0.29) is 12.0 Å². The van der Waals surface area contributed by atoms with E-state index in [1.54, 1.807) is 0 Å². The van der Waals surface area contributed by atoms with Gasteiger partial charge < -0.3 is 10.1 Å². The van der Waals surface area contributed by atoms with Crippen LogP contribution in [0.3, 0.4) is 0 Å². The molecule has 1 aromatic rings. The van der Waals surface area contributed by atoms with Gasteiger partial charge in [0.15, 0.2) is 0 Å². The zero-order valence-corrected chi connectivity index (χ0v) is 11.4. The fraction of sp³-hybridized carbons (Fsp3) is 0.462. The van der Waals surface area contributed by atoms with Crippen molar-refractivity contribution in [2.45, 2.75) is 32.3 Å². The number of hydrogen-bond donors (Lipinski definition) is 1. The molecule has 0 aromatic heterocycles. The number of hydrogen-bond acceptors (Lipinski definition) is 2. The quantitative estimate of drug-likeness (QED) is 0.930. The molecular formula is C13H16BrNO2. The average Bonchev–Trinajstić information content (AvgIpc) is 2.76. The molecule has 0 saturated carbocycles. The van der Waals surface area contributed by atoms with E-state index in [0.29, 0.717) is 6.42 Å². The van der Waals surface area contributed by atoms with Crippen LogP contribution in [0.1, 0.15) is 24.8 Å². The second-order valence-electron chi connectivity index (χ2n) is 4.35. The molecule has 1 aromatic carbocycles. The third-order valence-corrected chi connectivity index (χ3v) is 3.40. The van der Waals surface area contributed by atoms with Crippen LogP contribution in [0, 0.1) is 6.92 Å². The van der Waals surface area contributed by atoms with E-state index in [1.165, 1.54) is 0 Å². The van der Waals surface area contributed by atoms with E-state index in [9.17, 15) is 4.79 Å². The van der Waals surface area contributed by atoms with E-state index >= 15 is 0 Å². The highest BCUT2D eigenvalue weighted by molar-refractivity contribution is 9.10. The van der Waals surface area contributed by atoms with Crippen LogP contribution in [-0.4, -0.2) is 18.6 Å². The van der Waals surface area contributed by atoms with Crippen molar-refractivity contribution >= 4 is 27.5 Å². The number of benzene rings is 1. The first-order valence-corrected chi connectivity index (χ1v) is 6.62. The molecule has 1 N–H and O–H groups in total. The number of nitrogens with one attached hydrogen (secondary N) is 1. The van der Waals surface area contributed by atoms with Crippen molar-refractivity contribution in [3.05, 3.63) is 28.2 Å². The largest absolute Gasteiger partial charge is 0.378 e. The molecule has 92 valence electrons. The van der Waals surface area contributed by atoms with Crippen LogP contribution < -0.4 is 5.32 Å². The van der Waals surface area contributed by atoms with Crippen LogP contribution in [0.5, 0.6) is 0 Å². The Labute approximate surface area is 110 Å². The highest BCUT2D eigenvalue weighted by atomic mass is 79.9. The molecule has 1 atom stereocenters. The molecule has 17 heavy (non-hydrogen) atoms. The predicted octanol–water partition coefficient (Wildman–Crippen LogP) is 3.27. The van der Waals surface area contributed by atoms with E-state index in [2.05, 4.69) is 21.2 Å². The summed E-state index contributed by atoms with van der Waals surface area (Å²) in [6.07, 6.45) is 2.60. The van der Waals surface area contributed by atoms with Gasteiger partial charge in [0.2, 0.25) is 5.91 Å². The van der Waals surface area contributed by atoms with Crippen molar-refractivity contribution in [1.82, 2.24) is 0 Å². The maximum Gasteiger partial charge on any atom is 0.226 e. The molecule has 0 bridgehead atoms. The Hall–Kier alpha value is -0.870. The fourth-order valence-electron chi connectivity index (χ4n) is 1.94. The molecule has 0 aliphatic carbocycles. The first-order valence-electron chi connectivity index (χ1n) is 5.83. The lowest BCUT2D eigenvalue weighted by Gasteiger charge is -2.11. The van der Waals surface area contributed by atoms with E-state index in [1.807, 2.05) is 25.1 Å². The minimum Gasteiger partial charge on any atom is -0.378 e. The van der Waals surface area contributed by atoms with Crippen LogP contribution in [0.2, 0.25) is 0 Å². The molecule has 1 fully saturated rings. The minimum atomic E-state index is 0.0260. The Balaban J connectivity index is 1.95. The topological polar surface area (TPSA) is 38.3 Å². The van der Waals surface area contributed by atoms with Crippen LogP contribution in [0.15, 0.2) is 22.7 Å². The first-order chi connectivity index (χ1) is 8.15. The minimum absolute atomic E-state index is 0.0260. The van der Waals surface area contributed by atoms with Crippen molar-refractivity contribution in [2.24, 2.45) is 0 Å². The van der Waals surface area contributed by atoms with Crippen molar-refractivity contribution in [3.8, 4) is 0 Å². The Morgan fingerprint density at radius 3 is 3.12 bits per heavy atom. The van der Waals surface area contributed by atoms with E-state index in [4.69, 9.17) is 4.74 Å². The number of aryl methyl sites for hydroxylation is 1. The Morgan fingerprint density at radius 1 is 1.59 bits per heavy atom. The number of carbonyl (C=O) groups is 1. The average molecular weight is 298 g/mol. The molecular weight excluding hydrogens is 282 g/mol. The highest BCUT2D eigenvalue weighted by Crippen LogP contribution is 2.22. The first kappa shape index (κ1) is 12.6. The molecule has 1 aliphatic rings. The third-order valence-electron chi connectivity index (χ3n) is 2.91. The van der Waals surface area contributed by atoms with Gasteiger partial charge in [-0.15, -0.1) is 0 Å². The maximum absolute atomic E-state index is 11.8. The van der Waals surface area contributed by atoms with Crippen LogP contribution >= 0.6 is 15.9 Å². The predicted molar refractivity (Wildman–Crippen MR) is 71.1 cm³/mol. The smallest absolute Gasteiger partial charge is 0.226 e. The van der Waals surface area contributed by atoms with Gasteiger partial charge in [-0.1, -0.05) is 22.0 Å². The third kappa shape index (κ3) is 3.54. The molecule has 1 amide bonds. The van der Waals surface area contributed by atoms with Gasteiger partial charge in [-0.05, 0) is 37.5 Å². The molecule has 3 nitrogen and oxygen atoms in total. The number of halogens is 1. The number of anilines is 1. The van der Waals surface area contributed by atoms with Gasteiger partial charge in [0.05, 0.1) is 12.5 Å².